The maximum atomic E-state index is 12.3. The van der Waals surface area contributed by atoms with Crippen LogP contribution in [0.3, 0.4) is 0 Å². The molecule has 0 unspecified atom stereocenters. The molecule has 5 heteroatoms. The van der Waals surface area contributed by atoms with Crippen molar-refractivity contribution < 1.29 is 14.7 Å². The Labute approximate surface area is 135 Å². The second-order valence-electron chi connectivity index (χ2n) is 6.64. The number of aliphatic carboxylic acids is 1. The number of amides is 1. The average molecular weight is 314 g/mol. The number of hydrogen-bond acceptors (Lipinski definition) is 2. The third-order valence-corrected chi connectivity index (χ3v) is 4.85. The lowest BCUT2D eigenvalue weighted by molar-refractivity contribution is -0.147. The van der Waals surface area contributed by atoms with Gasteiger partial charge in [-0.05, 0) is 37.8 Å². The minimum atomic E-state index is -0.813. The highest BCUT2D eigenvalue weighted by Gasteiger charge is 2.41. The SMILES string of the molecule is C[C@@]1(C(=O)O)CCN(C(=O)CCCc2c[nH]c3ccccc23)C1. The van der Waals surface area contributed by atoms with Crippen molar-refractivity contribution >= 4 is 22.8 Å². The van der Waals surface area contributed by atoms with Gasteiger partial charge in [-0.25, -0.2) is 0 Å². The maximum Gasteiger partial charge on any atom is 0.311 e. The van der Waals surface area contributed by atoms with Gasteiger partial charge in [0.2, 0.25) is 5.91 Å². The Morgan fingerprint density at radius 1 is 1.35 bits per heavy atom. The molecule has 0 spiro atoms. The number of hydrogen-bond donors (Lipinski definition) is 2. The van der Waals surface area contributed by atoms with E-state index >= 15 is 0 Å². The lowest BCUT2D eigenvalue weighted by Gasteiger charge is -2.20. The summed E-state index contributed by atoms with van der Waals surface area (Å²) in [6.07, 6.45) is 4.64. The Bertz CT molecular complexity index is 737. The Hall–Kier alpha value is -2.30. The number of carboxylic acids is 1. The first-order valence-electron chi connectivity index (χ1n) is 8.06. The fraction of sp³-hybridized carbons (Fsp3) is 0.444. The standard InChI is InChI=1S/C18H22N2O3/c1-18(17(22)23)9-10-20(12-18)16(21)8-4-5-13-11-19-15-7-3-2-6-14(13)15/h2-3,6-7,11,19H,4-5,8-10,12H2,1H3,(H,22,23)/t18-/m1/s1. The molecule has 1 aliphatic heterocycles. The molecule has 2 aromatic rings. The zero-order chi connectivity index (χ0) is 16.4. The summed E-state index contributed by atoms with van der Waals surface area (Å²) in [6.45, 7) is 2.59. The Balaban J connectivity index is 1.53. The number of carboxylic acid groups (broad SMARTS) is 1. The van der Waals surface area contributed by atoms with Gasteiger partial charge in [0.15, 0.2) is 0 Å². The monoisotopic (exact) mass is 314 g/mol. The third kappa shape index (κ3) is 3.09. The molecule has 1 aromatic carbocycles. The lowest BCUT2D eigenvalue weighted by Crippen LogP contribution is -2.34. The lowest BCUT2D eigenvalue weighted by atomic mass is 9.90. The van der Waals surface area contributed by atoms with Gasteiger partial charge in [0.25, 0.3) is 0 Å². The molecular formula is C18H22N2O3. The van der Waals surface area contributed by atoms with E-state index in [9.17, 15) is 14.7 Å². The van der Waals surface area contributed by atoms with Crippen LogP contribution < -0.4 is 0 Å². The molecule has 1 fully saturated rings. The van der Waals surface area contributed by atoms with Crippen LogP contribution in [0.5, 0.6) is 0 Å². The summed E-state index contributed by atoms with van der Waals surface area (Å²) in [5.74, 6) is -0.749. The van der Waals surface area contributed by atoms with Crippen LogP contribution in [0.15, 0.2) is 30.5 Å². The second kappa shape index (κ2) is 6.07. The number of carbonyl (C=O) groups excluding carboxylic acids is 1. The zero-order valence-corrected chi connectivity index (χ0v) is 13.3. The van der Waals surface area contributed by atoms with Crippen LogP contribution >= 0.6 is 0 Å². The Kier molecular flexibility index (Phi) is 4.11. The molecule has 23 heavy (non-hydrogen) atoms. The van der Waals surface area contributed by atoms with Crippen LogP contribution in [0.4, 0.5) is 0 Å². The molecule has 0 radical (unpaired) electrons. The third-order valence-electron chi connectivity index (χ3n) is 4.85. The van der Waals surface area contributed by atoms with Crippen molar-refractivity contribution in [2.45, 2.75) is 32.6 Å². The molecule has 1 atom stereocenters. The van der Waals surface area contributed by atoms with Crippen molar-refractivity contribution in [1.29, 1.82) is 0 Å². The van der Waals surface area contributed by atoms with Crippen LogP contribution in [0.2, 0.25) is 0 Å². The minimum absolute atomic E-state index is 0.0646. The summed E-state index contributed by atoms with van der Waals surface area (Å²) >= 11 is 0. The Morgan fingerprint density at radius 3 is 2.87 bits per heavy atom. The zero-order valence-electron chi connectivity index (χ0n) is 13.3. The minimum Gasteiger partial charge on any atom is -0.481 e. The number of nitrogens with zero attached hydrogens (tertiary/aromatic N) is 1. The van der Waals surface area contributed by atoms with Gasteiger partial charge in [0.05, 0.1) is 5.41 Å². The number of nitrogens with one attached hydrogen (secondary N) is 1. The van der Waals surface area contributed by atoms with Crippen LogP contribution in [0.25, 0.3) is 10.9 Å². The molecule has 0 bridgehead atoms. The first-order valence-corrected chi connectivity index (χ1v) is 8.06. The Morgan fingerprint density at radius 2 is 2.13 bits per heavy atom. The largest absolute Gasteiger partial charge is 0.481 e. The number of carbonyl (C=O) groups is 2. The van der Waals surface area contributed by atoms with Gasteiger partial charge in [-0.1, -0.05) is 18.2 Å². The van der Waals surface area contributed by atoms with Gasteiger partial charge in [-0.15, -0.1) is 0 Å². The van der Waals surface area contributed by atoms with Gasteiger partial charge in [-0.3, -0.25) is 9.59 Å². The molecule has 0 saturated carbocycles. The number of para-hydroxylation sites is 1. The van der Waals surface area contributed by atoms with E-state index < -0.39 is 11.4 Å². The van der Waals surface area contributed by atoms with E-state index in [1.54, 1.807) is 11.8 Å². The molecule has 1 saturated heterocycles. The molecule has 1 aliphatic rings. The highest BCUT2D eigenvalue weighted by atomic mass is 16.4. The number of aromatic nitrogens is 1. The van der Waals surface area contributed by atoms with E-state index in [1.165, 1.54) is 10.9 Å². The summed E-state index contributed by atoms with van der Waals surface area (Å²) in [4.78, 5) is 28.5. The summed E-state index contributed by atoms with van der Waals surface area (Å²) < 4.78 is 0. The van der Waals surface area contributed by atoms with E-state index in [4.69, 9.17) is 0 Å². The van der Waals surface area contributed by atoms with Crippen LogP contribution in [0.1, 0.15) is 31.7 Å². The van der Waals surface area contributed by atoms with Crippen molar-refractivity contribution in [2.75, 3.05) is 13.1 Å². The molecule has 5 nitrogen and oxygen atoms in total. The molecule has 1 amide bonds. The highest BCUT2D eigenvalue weighted by Crippen LogP contribution is 2.30. The van der Waals surface area contributed by atoms with Gasteiger partial charge in [0, 0.05) is 36.6 Å². The molecule has 3 rings (SSSR count). The number of fused-ring (bicyclic) bond motifs is 1. The van der Waals surface area contributed by atoms with Crippen molar-refractivity contribution in [3.63, 3.8) is 0 Å². The number of aryl methyl sites for hydroxylation is 1. The topological polar surface area (TPSA) is 73.4 Å². The van der Waals surface area contributed by atoms with Crippen molar-refractivity contribution in [2.24, 2.45) is 5.41 Å². The first kappa shape index (κ1) is 15.6. The van der Waals surface area contributed by atoms with Gasteiger partial charge >= 0.3 is 5.97 Å². The summed E-state index contributed by atoms with van der Waals surface area (Å²) in [5, 5.41) is 10.4. The van der Waals surface area contributed by atoms with E-state index in [0.29, 0.717) is 25.9 Å². The van der Waals surface area contributed by atoms with Crippen molar-refractivity contribution in [1.82, 2.24) is 9.88 Å². The number of likely N-dealkylation sites (tertiary alicyclic amines) is 1. The predicted molar refractivity (Wildman–Crippen MR) is 88.2 cm³/mol. The van der Waals surface area contributed by atoms with Crippen molar-refractivity contribution in [3.05, 3.63) is 36.0 Å². The molecule has 0 aliphatic carbocycles. The van der Waals surface area contributed by atoms with E-state index in [2.05, 4.69) is 11.1 Å². The number of H-pyrrole nitrogens is 1. The summed E-state index contributed by atoms with van der Waals surface area (Å²) in [5.41, 5.74) is 1.56. The molecule has 122 valence electrons. The smallest absolute Gasteiger partial charge is 0.311 e. The predicted octanol–water partition coefficient (Wildman–Crippen LogP) is 2.81. The van der Waals surface area contributed by atoms with E-state index in [1.807, 2.05) is 24.4 Å². The van der Waals surface area contributed by atoms with Crippen molar-refractivity contribution in [3.8, 4) is 0 Å². The van der Waals surface area contributed by atoms with Crippen LogP contribution in [-0.4, -0.2) is 40.0 Å². The van der Waals surface area contributed by atoms with Gasteiger partial charge in [-0.2, -0.15) is 0 Å². The van der Waals surface area contributed by atoms with Gasteiger partial charge in [0.1, 0.15) is 0 Å². The quantitative estimate of drug-likeness (QED) is 0.891. The second-order valence-corrected chi connectivity index (χ2v) is 6.64. The highest BCUT2D eigenvalue weighted by molar-refractivity contribution is 5.83. The molecule has 2 heterocycles. The van der Waals surface area contributed by atoms with E-state index in [0.717, 1.165) is 18.4 Å². The first-order chi connectivity index (χ1) is 11.0. The number of rotatable bonds is 5. The normalized spacial score (nSPS) is 21.0. The fourth-order valence-corrected chi connectivity index (χ4v) is 3.28. The fourth-order valence-electron chi connectivity index (χ4n) is 3.28. The van der Waals surface area contributed by atoms with Crippen LogP contribution in [-0.2, 0) is 16.0 Å². The summed E-state index contributed by atoms with van der Waals surface area (Å²) in [6, 6.07) is 8.14. The van der Waals surface area contributed by atoms with Gasteiger partial charge < -0.3 is 15.0 Å². The van der Waals surface area contributed by atoms with E-state index in [-0.39, 0.29) is 5.91 Å². The average Bonchev–Trinajstić information content (AvgIpc) is 3.13. The maximum absolute atomic E-state index is 12.3. The summed E-state index contributed by atoms with van der Waals surface area (Å²) in [7, 11) is 0. The van der Waals surface area contributed by atoms with Crippen LogP contribution in [0, 0.1) is 5.41 Å². The molecule has 2 N–H and O–H groups in total. The molecule has 1 aromatic heterocycles. The number of benzene rings is 1. The molecular weight excluding hydrogens is 292 g/mol. The number of aromatic amines is 1.